The summed E-state index contributed by atoms with van der Waals surface area (Å²) in [6.07, 6.45) is 5.60. The average molecular weight is 268 g/mol. The Bertz CT molecular complexity index is 585. The molecule has 2 nitrogen and oxygen atoms in total. The molecule has 0 unspecified atom stereocenters. The van der Waals surface area contributed by atoms with Crippen LogP contribution < -0.4 is 4.90 Å². The molecule has 0 bridgehead atoms. The van der Waals surface area contributed by atoms with Crippen LogP contribution in [0.5, 0.6) is 0 Å². The van der Waals surface area contributed by atoms with Gasteiger partial charge in [0.05, 0.1) is 5.52 Å². The van der Waals surface area contributed by atoms with E-state index in [1.54, 1.807) is 0 Å². The highest BCUT2D eigenvalue weighted by atomic mass is 15.2. The van der Waals surface area contributed by atoms with Gasteiger partial charge < -0.3 is 4.90 Å². The monoisotopic (exact) mass is 268 g/mol. The first-order valence-electron chi connectivity index (χ1n) is 7.89. The summed E-state index contributed by atoms with van der Waals surface area (Å²) in [7, 11) is 0. The number of nitrogens with zero attached hydrogens (tertiary/aromatic N) is 2. The van der Waals surface area contributed by atoms with Gasteiger partial charge in [-0.1, -0.05) is 31.0 Å². The third-order valence-corrected chi connectivity index (χ3v) is 4.52. The maximum absolute atomic E-state index is 4.91. The fourth-order valence-electron chi connectivity index (χ4n) is 3.40. The zero-order chi connectivity index (χ0) is 13.9. The minimum absolute atomic E-state index is 0.864. The smallest absolute Gasteiger partial charge is 0.132 e. The molecule has 1 fully saturated rings. The maximum atomic E-state index is 4.91. The second-order valence-corrected chi connectivity index (χ2v) is 6.01. The summed E-state index contributed by atoms with van der Waals surface area (Å²) >= 11 is 0. The molecule has 0 saturated heterocycles. The molecule has 1 aromatic carbocycles. The van der Waals surface area contributed by atoms with Gasteiger partial charge >= 0.3 is 0 Å². The molecule has 0 spiro atoms. The van der Waals surface area contributed by atoms with Gasteiger partial charge in [-0.15, -0.1) is 0 Å². The van der Waals surface area contributed by atoms with Crippen LogP contribution in [0.1, 0.15) is 38.2 Å². The Morgan fingerprint density at radius 1 is 1.20 bits per heavy atom. The van der Waals surface area contributed by atoms with Crippen molar-refractivity contribution in [2.45, 2.75) is 39.5 Å². The van der Waals surface area contributed by atoms with Gasteiger partial charge in [-0.25, -0.2) is 4.98 Å². The van der Waals surface area contributed by atoms with E-state index in [1.807, 2.05) is 0 Å². The minimum atomic E-state index is 0.864. The molecule has 0 atom stereocenters. The molecular formula is C18H24N2. The number of hydrogen-bond acceptors (Lipinski definition) is 2. The van der Waals surface area contributed by atoms with Crippen LogP contribution >= 0.6 is 0 Å². The highest BCUT2D eigenvalue weighted by Gasteiger charge is 2.19. The van der Waals surface area contributed by atoms with E-state index in [2.05, 4.69) is 49.1 Å². The predicted octanol–water partition coefficient (Wildman–Crippen LogP) is 4.56. The van der Waals surface area contributed by atoms with Crippen molar-refractivity contribution in [3.8, 4) is 0 Å². The molecule has 2 aromatic rings. The summed E-state index contributed by atoms with van der Waals surface area (Å²) in [6, 6.07) is 10.7. The maximum Gasteiger partial charge on any atom is 0.132 e. The van der Waals surface area contributed by atoms with E-state index in [0.717, 1.165) is 18.0 Å². The Labute approximate surface area is 121 Å². The number of aryl methyl sites for hydroxylation is 1. The lowest BCUT2D eigenvalue weighted by molar-refractivity contribution is 0.533. The molecule has 0 aliphatic heterocycles. The van der Waals surface area contributed by atoms with Crippen LogP contribution in [0.2, 0.25) is 0 Å². The van der Waals surface area contributed by atoms with Crippen LogP contribution in [0.25, 0.3) is 10.9 Å². The Morgan fingerprint density at radius 2 is 1.95 bits per heavy atom. The summed E-state index contributed by atoms with van der Waals surface area (Å²) in [5, 5.41) is 1.24. The number of hydrogen-bond donors (Lipinski definition) is 0. The third-order valence-electron chi connectivity index (χ3n) is 4.52. The molecule has 1 aromatic heterocycles. The second kappa shape index (κ2) is 5.82. The van der Waals surface area contributed by atoms with Gasteiger partial charge in [0.15, 0.2) is 0 Å². The number of pyridine rings is 1. The van der Waals surface area contributed by atoms with Crippen LogP contribution in [0, 0.1) is 12.8 Å². The van der Waals surface area contributed by atoms with Crippen molar-refractivity contribution in [1.82, 2.24) is 4.98 Å². The summed E-state index contributed by atoms with van der Waals surface area (Å²) in [5.74, 6) is 2.04. The molecule has 0 radical (unpaired) electrons. The molecule has 1 aliphatic carbocycles. The van der Waals surface area contributed by atoms with E-state index in [9.17, 15) is 0 Å². The third kappa shape index (κ3) is 2.65. The van der Waals surface area contributed by atoms with Crippen LogP contribution in [0.4, 0.5) is 5.82 Å². The molecule has 1 saturated carbocycles. The first-order chi connectivity index (χ1) is 9.78. The Hall–Kier alpha value is -1.57. The summed E-state index contributed by atoms with van der Waals surface area (Å²) in [4.78, 5) is 7.38. The van der Waals surface area contributed by atoms with Crippen LogP contribution in [-0.2, 0) is 0 Å². The molecule has 1 heterocycles. The van der Waals surface area contributed by atoms with Gasteiger partial charge in [-0.05, 0) is 50.3 Å². The van der Waals surface area contributed by atoms with Crippen LogP contribution in [0.15, 0.2) is 30.3 Å². The van der Waals surface area contributed by atoms with Crippen molar-refractivity contribution >= 4 is 16.7 Å². The number of rotatable bonds is 4. The van der Waals surface area contributed by atoms with E-state index >= 15 is 0 Å². The Morgan fingerprint density at radius 3 is 2.70 bits per heavy atom. The van der Waals surface area contributed by atoms with Gasteiger partial charge in [0.25, 0.3) is 0 Å². The number of fused-ring (bicyclic) bond motifs is 1. The minimum Gasteiger partial charge on any atom is -0.356 e. The molecule has 106 valence electrons. The van der Waals surface area contributed by atoms with Crippen LogP contribution in [0.3, 0.4) is 0 Å². The molecular weight excluding hydrogens is 244 g/mol. The van der Waals surface area contributed by atoms with Gasteiger partial charge in [0.1, 0.15) is 5.82 Å². The van der Waals surface area contributed by atoms with Crippen molar-refractivity contribution in [3.05, 3.63) is 35.9 Å². The van der Waals surface area contributed by atoms with E-state index in [0.29, 0.717) is 0 Å². The molecule has 0 amide bonds. The highest BCUT2D eigenvalue weighted by molar-refractivity contribution is 5.81. The fourth-order valence-corrected chi connectivity index (χ4v) is 3.40. The number of anilines is 1. The quantitative estimate of drug-likeness (QED) is 0.808. The first-order valence-corrected chi connectivity index (χ1v) is 7.89. The zero-order valence-electron chi connectivity index (χ0n) is 12.6. The lowest BCUT2D eigenvalue weighted by atomic mass is 10.1. The van der Waals surface area contributed by atoms with Crippen molar-refractivity contribution in [2.75, 3.05) is 18.0 Å². The lowest BCUT2D eigenvalue weighted by Crippen LogP contribution is -2.29. The normalized spacial score (nSPS) is 15.9. The standard InChI is InChI=1S/C18H24N2/c1-3-20(13-15-8-4-5-9-15)18-14(2)12-16-10-6-7-11-17(16)19-18/h6-7,10-12,15H,3-5,8-9,13H2,1-2H3. The van der Waals surface area contributed by atoms with Crippen molar-refractivity contribution in [1.29, 1.82) is 0 Å². The molecule has 20 heavy (non-hydrogen) atoms. The highest BCUT2D eigenvalue weighted by Crippen LogP contribution is 2.29. The lowest BCUT2D eigenvalue weighted by Gasteiger charge is -2.27. The summed E-state index contributed by atoms with van der Waals surface area (Å²) in [5.41, 5.74) is 2.40. The van der Waals surface area contributed by atoms with Crippen molar-refractivity contribution < 1.29 is 0 Å². The molecule has 0 N–H and O–H groups in total. The van der Waals surface area contributed by atoms with Crippen molar-refractivity contribution in [3.63, 3.8) is 0 Å². The zero-order valence-corrected chi connectivity index (χ0v) is 12.6. The van der Waals surface area contributed by atoms with E-state index < -0.39 is 0 Å². The van der Waals surface area contributed by atoms with Crippen LogP contribution in [-0.4, -0.2) is 18.1 Å². The van der Waals surface area contributed by atoms with E-state index in [-0.39, 0.29) is 0 Å². The van der Waals surface area contributed by atoms with Gasteiger partial charge in [0.2, 0.25) is 0 Å². The summed E-state index contributed by atoms with van der Waals surface area (Å²) in [6.45, 7) is 6.64. The van der Waals surface area contributed by atoms with Gasteiger partial charge in [-0.2, -0.15) is 0 Å². The molecule has 3 rings (SSSR count). The fraction of sp³-hybridized carbons (Fsp3) is 0.500. The first kappa shape index (κ1) is 13.4. The number of benzene rings is 1. The SMILES string of the molecule is CCN(CC1CCCC1)c1nc2ccccc2cc1C. The van der Waals surface area contributed by atoms with Gasteiger partial charge in [0, 0.05) is 18.5 Å². The van der Waals surface area contributed by atoms with Crippen molar-refractivity contribution in [2.24, 2.45) is 5.92 Å². The topological polar surface area (TPSA) is 16.1 Å². The Balaban J connectivity index is 1.91. The van der Waals surface area contributed by atoms with E-state index in [4.69, 9.17) is 4.98 Å². The number of para-hydroxylation sites is 1. The Kier molecular flexibility index (Phi) is 3.90. The van der Waals surface area contributed by atoms with E-state index in [1.165, 1.54) is 49.0 Å². The average Bonchev–Trinajstić information content (AvgIpc) is 2.97. The second-order valence-electron chi connectivity index (χ2n) is 6.01. The van der Waals surface area contributed by atoms with Gasteiger partial charge in [-0.3, -0.25) is 0 Å². The predicted molar refractivity (Wildman–Crippen MR) is 86.3 cm³/mol. The number of aromatic nitrogens is 1. The summed E-state index contributed by atoms with van der Waals surface area (Å²) < 4.78 is 0. The molecule has 2 heteroatoms. The largest absolute Gasteiger partial charge is 0.356 e. The molecule has 1 aliphatic rings.